The highest BCUT2D eigenvalue weighted by atomic mass is 16.5. The van der Waals surface area contributed by atoms with Crippen LogP contribution in [0.1, 0.15) is 44.5 Å². The van der Waals surface area contributed by atoms with Gasteiger partial charge in [0.05, 0.1) is 6.04 Å². The molecule has 0 spiro atoms. The van der Waals surface area contributed by atoms with Crippen molar-refractivity contribution in [2.45, 2.75) is 39.2 Å². The van der Waals surface area contributed by atoms with Gasteiger partial charge in [-0.3, -0.25) is 0 Å². The summed E-state index contributed by atoms with van der Waals surface area (Å²) < 4.78 is 10.8. The average molecular weight is 227 g/mol. The fraction of sp³-hybridized carbons (Fsp3) is 0.818. The highest BCUT2D eigenvalue weighted by Crippen LogP contribution is 2.14. The zero-order chi connectivity index (χ0) is 11.8. The molecule has 92 valence electrons. The minimum atomic E-state index is 0.160. The van der Waals surface area contributed by atoms with Gasteiger partial charge >= 0.3 is 0 Å². The summed E-state index contributed by atoms with van der Waals surface area (Å²) in [5, 5.41) is 11.2. The van der Waals surface area contributed by atoms with E-state index in [0.29, 0.717) is 11.8 Å². The molecule has 1 aromatic heterocycles. The zero-order valence-electron chi connectivity index (χ0n) is 10.3. The Kier molecular flexibility index (Phi) is 6.03. The molecule has 1 unspecified atom stereocenters. The second kappa shape index (κ2) is 7.35. The van der Waals surface area contributed by atoms with Crippen LogP contribution in [0.3, 0.4) is 0 Å². The van der Waals surface area contributed by atoms with Gasteiger partial charge in [0.1, 0.15) is 0 Å². The highest BCUT2D eigenvalue weighted by molar-refractivity contribution is 4.89. The molecule has 1 atom stereocenters. The number of hydrogen-bond acceptors (Lipinski definition) is 5. The molecule has 0 aliphatic heterocycles. The number of nitrogens with zero attached hydrogens (tertiary/aromatic N) is 2. The summed E-state index contributed by atoms with van der Waals surface area (Å²) in [5.41, 5.74) is 0. The van der Waals surface area contributed by atoms with E-state index < -0.39 is 0 Å². The molecule has 1 rings (SSSR count). The maximum absolute atomic E-state index is 5.57. The van der Waals surface area contributed by atoms with Crippen molar-refractivity contribution >= 4 is 0 Å². The number of aryl methyl sites for hydroxylation is 1. The number of nitrogens with one attached hydrogen (secondary N) is 1. The molecule has 0 amide bonds. The van der Waals surface area contributed by atoms with Crippen LogP contribution in [0.4, 0.5) is 0 Å². The summed E-state index contributed by atoms with van der Waals surface area (Å²) in [5.74, 6) is 1.37. The number of ether oxygens (including phenoxy) is 1. The molecule has 5 nitrogen and oxygen atoms in total. The topological polar surface area (TPSA) is 60.2 Å². The second-order valence-corrected chi connectivity index (χ2v) is 3.58. The molecule has 0 aliphatic carbocycles. The van der Waals surface area contributed by atoms with Crippen molar-refractivity contribution < 1.29 is 9.15 Å². The zero-order valence-corrected chi connectivity index (χ0v) is 10.3. The Hall–Kier alpha value is -0.940. The second-order valence-electron chi connectivity index (χ2n) is 3.58. The highest BCUT2D eigenvalue weighted by Gasteiger charge is 2.14. The van der Waals surface area contributed by atoms with Gasteiger partial charge in [-0.2, -0.15) is 0 Å². The van der Waals surface area contributed by atoms with Crippen LogP contribution in [0.2, 0.25) is 0 Å². The Labute approximate surface area is 96.6 Å². The lowest BCUT2D eigenvalue weighted by atomic mass is 10.2. The first-order valence-electron chi connectivity index (χ1n) is 5.89. The Morgan fingerprint density at radius 1 is 1.38 bits per heavy atom. The van der Waals surface area contributed by atoms with Crippen LogP contribution in [0.5, 0.6) is 0 Å². The third-order valence-electron chi connectivity index (χ3n) is 2.42. The van der Waals surface area contributed by atoms with Gasteiger partial charge in [-0.05, 0) is 26.8 Å². The molecule has 0 radical (unpaired) electrons. The molecule has 0 saturated carbocycles. The van der Waals surface area contributed by atoms with E-state index >= 15 is 0 Å². The first-order valence-corrected chi connectivity index (χ1v) is 5.89. The largest absolute Gasteiger partial charge is 0.424 e. The first-order chi connectivity index (χ1) is 7.81. The van der Waals surface area contributed by atoms with Crippen molar-refractivity contribution in [1.82, 2.24) is 15.5 Å². The standard InChI is InChI=1S/C11H21N3O2/c1-4-9(12-3)11-14-13-10(16-11)7-6-8-15-5-2/h9,12H,4-8H2,1-3H3. The van der Waals surface area contributed by atoms with Crippen LogP contribution in [-0.2, 0) is 11.2 Å². The summed E-state index contributed by atoms with van der Waals surface area (Å²) in [7, 11) is 1.90. The van der Waals surface area contributed by atoms with Gasteiger partial charge in [0.2, 0.25) is 11.8 Å². The molecule has 0 saturated heterocycles. The Balaban J connectivity index is 2.38. The molecular formula is C11H21N3O2. The van der Waals surface area contributed by atoms with Gasteiger partial charge in [0.15, 0.2) is 0 Å². The lowest BCUT2D eigenvalue weighted by molar-refractivity contribution is 0.143. The van der Waals surface area contributed by atoms with Crippen molar-refractivity contribution in [3.05, 3.63) is 11.8 Å². The molecule has 1 aromatic rings. The van der Waals surface area contributed by atoms with Gasteiger partial charge < -0.3 is 14.5 Å². The van der Waals surface area contributed by atoms with E-state index in [0.717, 1.165) is 32.5 Å². The summed E-state index contributed by atoms with van der Waals surface area (Å²) in [6.45, 7) is 5.58. The van der Waals surface area contributed by atoms with Crippen LogP contribution in [0.15, 0.2) is 4.42 Å². The molecule has 16 heavy (non-hydrogen) atoms. The third-order valence-corrected chi connectivity index (χ3v) is 2.42. The van der Waals surface area contributed by atoms with Crippen LogP contribution in [0, 0.1) is 0 Å². The lowest BCUT2D eigenvalue weighted by Gasteiger charge is -2.07. The van der Waals surface area contributed by atoms with E-state index in [1.54, 1.807) is 0 Å². The average Bonchev–Trinajstić information content (AvgIpc) is 2.75. The monoisotopic (exact) mass is 227 g/mol. The molecule has 0 aliphatic rings. The first kappa shape index (κ1) is 13.1. The van der Waals surface area contributed by atoms with Crippen LogP contribution < -0.4 is 5.32 Å². The molecule has 0 bridgehead atoms. The minimum Gasteiger partial charge on any atom is -0.424 e. The van der Waals surface area contributed by atoms with E-state index in [4.69, 9.17) is 9.15 Å². The molecular weight excluding hydrogens is 206 g/mol. The van der Waals surface area contributed by atoms with Gasteiger partial charge in [-0.1, -0.05) is 6.92 Å². The van der Waals surface area contributed by atoms with Crippen molar-refractivity contribution in [3.63, 3.8) is 0 Å². The van der Waals surface area contributed by atoms with Crippen molar-refractivity contribution in [2.24, 2.45) is 0 Å². The molecule has 1 N–H and O–H groups in total. The smallest absolute Gasteiger partial charge is 0.233 e. The van der Waals surface area contributed by atoms with Gasteiger partial charge in [0.25, 0.3) is 0 Å². The summed E-state index contributed by atoms with van der Waals surface area (Å²) >= 11 is 0. The van der Waals surface area contributed by atoms with Crippen molar-refractivity contribution in [3.8, 4) is 0 Å². The molecule has 0 aromatic carbocycles. The van der Waals surface area contributed by atoms with Crippen molar-refractivity contribution in [1.29, 1.82) is 0 Å². The minimum absolute atomic E-state index is 0.160. The Morgan fingerprint density at radius 2 is 2.19 bits per heavy atom. The summed E-state index contributed by atoms with van der Waals surface area (Å²) in [6.07, 6.45) is 2.65. The number of hydrogen-bond donors (Lipinski definition) is 1. The third kappa shape index (κ3) is 3.90. The van der Waals surface area contributed by atoms with E-state index in [2.05, 4.69) is 22.4 Å². The quantitative estimate of drug-likeness (QED) is 0.685. The van der Waals surface area contributed by atoms with Crippen LogP contribution in [0.25, 0.3) is 0 Å². The van der Waals surface area contributed by atoms with E-state index in [-0.39, 0.29) is 6.04 Å². The van der Waals surface area contributed by atoms with Gasteiger partial charge in [-0.15, -0.1) is 10.2 Å². The molecule has 0 fully saturated rings. The fourth-order valence-corrected chi connectivity index (χ4v) is 1.48. The summed E-state index contributed by atoms with van der Waals surface area (Å²) in [6, 6.07) is 0.160. The Morgan fingerprint density at radius 3 is 2.81 bits per heavy atom. The van der Waals surface area contributed by atoms with E-state index in [1.807, 2.05) is 14.0 Å². The van der Waals surface area contributed by atoms with E-state index in [9.17, 15) is 0 Å². The fourth-order valence-electron chi connectivity index (χ4n) is 1.48. The van der Waals surface area contributed by atoms with Crippen LogP contribution in [-0.4, -0.2) is 30.5 Å². The lowest BCUT2D eigenvalue weighted by Crippen LogP contribution is -2.15. The predicted octanol–water partition coefficient (Wildman–Crippen LogP) is 1.71. The maximum Gasteiger partial charge on any atom is 0.233 e. The van der Waals surface area contributed by atoms with Crippen molar-refractivity contribution in [2.75, 3.05) is 20.3 Å². The number of rotatable bonds is 8. The van der Waals surface area contributed by atoms with Crippen LogP contribution >= 0.6 is 0 Å². The molecule has 5 heteroatoms. The summed E-state index contributed by atoms with van der Waals surface area (Å²) in [4.78, 5) is 0. The SMILES string of the molecule is CCOCCCc1nnc(C(CC)NC)o1. The molecule has 1 heterocycles. The Bertz CT molecular complexity index is 285. The predicted molar refractivity (Wildman–Crippen MR) is 61.2 cm³/mol. The normalized spacial score (nSPS) is 12.9. The van der Waals surface area contributed by atoms with Gasteiger partial charge in [-0.25, -0.2) is 0 Å². The maximum atomic E-state index is 5.57. The number of aromatic nitrogens is 2. The van der Waals surface area contributed by atoms with Gasteiger partial charge in [0, 0.05) is 19.6 Å². The van der Waals surface area contributed by atoms with E-state index in [1.165, 1.54) is 0 Å².